The number of benzene rings is 1. The van der Waals surface area contributed by atoms with Gasteiger partial charge < -0.3 is 15.2 Å². The van der Waals surface area contributed by atoms with Crippen LogP contribution in [0.5, 0.6) is 0 Å². The zero-order valence-corrected chi connectivity index (χ0v) is 12.3. The molecule has 19 heavy (non-hydrogen) atoms. The molecule has 1 heterocycles. The lowest BCUT2D eigenvalue weighted by Crippen LogP contribution is -2.29. The van der Waals surface area contributed by atoms with Crippen LogP contribution in [0.3, 0.4) is 0 Å². The van der Waals surface area contributed by atoms with Gasteiger partial charge in [0, 0.05) is 37.2 Å². The minimum atomic E-state index is 0.597. The number of hydrogen-bond donors (Lipinski definition) is 1. The van der Waals surface area contributed by atoms with Gasteiger partial charge in [0.05, 0.1) is 0 Å². The molecule has 0 aliphatic heterocycles. The maximum Gasteiger partial charge on any atom is 0.0481 e. The standard InChI is InChI=1S/C16H25N3/c1-4-13(9-17)10-18(2)11-14-12-19(3)16-8-6-5-7-15(14)16/h5-8,12-13H,4,9-11,17H2,1-3H3. The zero-order valence-electron chi connectivity index (χ0n) is 12.3. The summed E-state index contributed by atoms with van der Waals surface area (Å²) in [6.07, 6.45) is 3.39. The average Bonchev–Trinajstić information content (AvgIpc) is 2.73. The molecule has 2 rings (SSSR count). The number of aryl methyl sites for hydroxylation is 1. The van der Waals surface area contributed by atoms with Crippen LogP contribution in [0, 0.1) is 5.92 Å². The zero-order chi connectivity index (χ0) is 13.8. The maximum absolute atomic E-state index is 5.79. The van der Waals surface area contributed by atoms with Crippen LogP contribution in [0.1, 0.15) is 18.9 Å². The van der Waals surface area contributed by atoms with Crippen molar-refractivity contribution in [1.82, 2.24) is 9.47 Å². The first kappa shape index (κ1) is 14.1. The third kappa shape index (κ3) is 3.17. The summed E-state index contributed by atoms with van der Waals surface area (Å²) in [7, 11) is 4.29. The summed E-state index contributed by atoms with van der Waals surface area (Å²) in [4.78, 5) is 2.38. The number of nitrogens with zero attached hydrogens (tertiary/aromatic N) is 2. The van der Waals surface area contributed by atoms with Crippen molar-refractivity contribution < 1.29 is 0 Å². The Morgan fingerprint density at radius 1 is 1.32 bits per heavy atom. The fourth-order valence-electron chi connectivity index (χ4n) is 2.72. The summed E-state index contributed by atoms with van der Waals surface area (Å²) in [5.74, 6) is 0.597. The van der Waals surface area contributed by atoms with Crippen LogP contribution in [0.15, 0.2) is 30.5 Å². The van der Waals surface area contributed by atoms with Crippen LogP contribution in [0.2, 0.25) is 0 Å². The molecule has 1 aromatic heterocycles. The molecule has 0 saturated heterocycles. The Bertz CT molecular complexity index is 526. The van der Waals surface area contributed by atoms with E-state index in [2.05, 4.69) is 60.9 Å². The molecule has 0 spiro atoms. The van der Waals surface area contributed by atoms with Gasteiger partial charge >= 0.3 is 0 Å². The van der Waals surface area contributed by atoms with Crippen LogP contribution in [0.4, 0.5) is 0 Å². The molecule has 0 aliphatic carbocycles. The predicted octanol–water partition coefficient (Wildman–Crippen LogP) is 2.59. The first-order chi connectivity index (χ1) is 9.15. The van der Waals surface area contributed by atoms with Crippen LogP contribution < -0.4 is 5.73 Å². The highest BCUT2D eigenvalue weighted by molar-refractivity contribution is 5.83. The SMILES string of the molecule is CCC(CN)CN(C)Cc1cn(C)c2ccccc12. The van der Waals surface area contributed by atoms with Crippen LogP contribution in [-0.4, -0.2) is 29.6 Å². The molecule has 0 bridgehead atoms. The summed E-state index contributed by atoms with van der Waals surface area (Å²) in [5, 5.41) is 1.36. The van der Waals surface area contributed by atoms with Gasteiger partial charge in [-0.15, -0.1) is 0 Å². The molecule has 0 radical (unpaired) electrons. The van der Waals surface area contributed by atoms with E-state index in [1.165, 1.54) is 16.5 Å². The van der Waals surface area contributed by atoms with Crippen molar-refractivity contribution in [2.75, 3.05) is 20.1 Å². The van der Waals surface area contributed by atoms with E-state index in [-0.39, 0.29) is 0 Å². The largest absolute Gasteiger partial charge is 0.350 e. The van der Waals surface area contributed by atoms with E-state index in [9.17, 15) is 0 Å². The summed E-state index contributed by atoms with van der Waals surface area (Å²) in [6.45, 7) is 5.04. The molecule has 0 aliphatic rings. The summed E-state index contributed by atoms with van der Waals surface area (Å²) >= 11 is 0. The molecule has 3 heteroatoms. The molecule has 2 aromatic rings. The van der Waals surface area contributed by atoms with E-state index >= 15 is 0 Å². The number of hydrogen-bond acceptors (Lipinski definition) is 2. The van der Waals surface area contributed by atoms with Crippen molar-refractivity contribution >= 4 is 10.9 Å². The van der Waals surface area contributed by atoms with Gasteiger partial charge in [-0.1, -0.05) is 31.5 Å². The third-order valence-corrected chi connectivity index (χ3v) is 3.90. The molecule has 2 N–H and O–H groups in total. The van der Waals surface area contributed by atoms with Crippen molar-refractivity contribution in [3.8, 4) is 0 Å². The van der Waals surface area contributed by atoms with Gasteiger partial charge in [0.1, 0.15) is 0 Å². The molecule has 1 aromatic carbocycles. The highest BCUT2D eigenvalue weighted by Crippen LogP contribution is 2.21. The van der Waals surface area contributed by atoms with Gasteiger partial charge in [0.25, 0.3) is 0 Å². The Balaban J connectivity index is 2.13. The van der Waals surface area contributed by atoms with E-state index in [1.807, 2.05) is 0 Å². The second-order valence-electron chi connectivity index (χ2n) is 5.49. The lowest BCUT2D eigenvalue weighted by molar-refractivity contribution is 0.268. The minimum absolute atomic E-state index is 0.597. The lowest BCUT2D eigenvalue weighted by Gasteiger charge is -2.21. The Hall–Kier alpha value is -1.32. The highest BCUT2D eigenvalue weighted by Gasteiger charge is 2.11. The Labute approximate surface area is 116 Å². The van der Waals surface area contributed by atoms with Crippen LogP contribution >= 0.6 is 0 Å². The third-order valence-electron chi connectivity index (χ3n) is 3.90. The number of aromatic nitrogens is 1. The maximum atomic E-state index is 5.79. The van der Waals surface area contributed by atoms with E-state index in [4.69, 9.17) is 5.73 Å². The van der Waals surface area contributed by atoms with Crippen molar-refractivity contribution in [2.24, 2.45) is 18.7 Å². The number of fused-ring (bicyclic) bond motifs is 1. The van der Waals surface area contributed by atoms with Gasteiger partial charge in [-0.3, -0.25) is 0 Å². The molecule has 104 valence electrons. The number of rotatable bonds is 6. The average molecular weight is 259 g/mol. The Morgan fingerprint density at radius 2 is 2.05 bits per heavy atom. The molecule has 0 amide bonds. The van der Waals surface area contributed by atoms with Gasteiger partial charge in [0.2, 0.25) is 0 Å². The fraction of sp³-hybridized carbons (Fsp3) is 0.500. The van der Waals surface area contributed by atoms with Gasteiger partial charge in [-0.2, -0.15) is 0 Å². The summed E-state index contributed by atoms with van der Waals surface area (Å²) in [6, 6.07) is 8.59. The van der Waals surface area contributed by atoms with Crippen molar-refractivity contribution in [2.45, 2.75) is 19.9 Å². The van der Waals surface area contributed by atoms with Crippen molar-refractivity contribution in [1.29, 1.82) is 0 Å². The molecule has 0 saturated carbocycles. The normalized spacial score (nSPS) is 13.3. The second kappa shape index (κ2) is 6.22. The van der Waals surface area contributed by atoms with Crippen molar-refractivity contribution in [3.63, 3.8) is 0 Å². The number of nitrogens with two attached hydrogens (primary N) is 1. The number of para-hydroxylation sites is 1. The second-order valence-corrected chi connectivity index (χ2v) is 5.49. The Morgan fingerprint density at radius 3 is 2.74 bits per heavy atom. The van der Waals surface area contributed by atoms with Crippen LogP contribution in [-0.2, 0) is 13.6 Å². The van der Waals surface area contributed by atoms with E-state index < -0.39 is 0 Å². The topological polar surface area (TPSA) is 34.2 Å². The summed E-state index contributed by atoms with van der Waals surface area (Å²) < 4.78 is 2.21. The molecule has 0 fully saturated rings. The highest BCUT2D eigenvalue weighted by atomic mass is 15.1. The van der Waals surface area contributed by atoms with Gasteiger partial charge in [-0.25, -0.2) is 0 Å². The predicted molar refractivity (Wildman–Crippen MR) is 82.1 cm³/mol. The van der Waals surface area contributed by atoms with E-state index in [0.29, 0.717) is 5.92 Å². The van der Waals surface area contributed by atoms with E-state index in [0.717, 1.165) is 26.1 Å². The lowest BCUT2D eigenvalue weighted by atomic mass is 10.1. The first-order valence-corrected chi connectivity index (χ1v) is 7.07. The minimum Gasteiger partial charge on any atom is -0.350 e. The molecule has 1 unspecified atom stereocenters. The van der Waals surface area contributed by atoms with Gasteiger partial charge in [-0.05, 0) is 31.1 Å². The molecular weight excluding hydrogens is 234 g/mol. The molecule has 1 atom stereocenters. The molecule has 3 nitrogen and oxygen atoms in total. The fourth-order valence-corrected chi connectivity index (χ4v) is 2.72. The summed E-state index contributed by atoms with van der Waals surface area (Å²) in [5.41, 5.74) is 8.49. The van der Waals surface area contributed by atoms with Crippen LogP contribution in [0.25, 0.3) is 10.9 Å². The quantitative estimate of drug-likeness (QED) is 0.865. The first-order valence-electron chi connectivity index (χ1n) is 7.07. The Kier molecular flexibility index (Phi) is 4.61. The van der Waals surface area contributed by atoms with Gasteiger partial charge in [0.15, 0.2) is 0 Å². The smallest absolute Gasteiger partial charge is 0.0481 e. The monoisotopic (exact) mass is 259 g/mol. The molecular formula is C16H25N3. The van der Waals surface area contributed by atoms with Crippen molar-refractivity contribution in [3.05, 3.63) is 36.0 Å². The van der Waals surface area contributed by atoms with E-state index in [1.54, 1.807) is 0 Å².